The summed E-state index contributed by atoms with van der Waals surface area (Å²) < 4.78 is 5.32. The molecule has 28 heavy (non-hydrogen) atoms. The predicted octanol–water partition coefficient (Wildman–Crippen LogP) is 3.18. The summed E-state index contributed by atoms with van der Waals surface area (Å²) in [7, 11) is 1.63. The van der Waals surface area contributed by atoms with Gasteiger partial charge in [0.2, 0.25) is 0 Å². The van der Waals surface area contributed by atoms with Crippen LogP contribution in [-0.2, 0) is 9.63 Å². The summed E-state index contributed by atoms with van der Waals surface area (Å²) in [6.45, 7) is 2.26. The quantitative estimate of drug-likeness (QED) is 0.433. The van der Waals surface area contributed by atoms with Crippen LogP contribution >= 0.6 is 0 Å². The van der Waals surface area contributed by atoms with E-state index in [1.807, 2.05) is 54.6 Å². The summed E-state index contributed by atoms with van der Waals surface area (Å²) in [5.41, 5.74) is 3.02. The number of hydrogen-bond donors (Lipinski definition) is 1. The van der Waals surface area contributed by atoms with Crippen LogP contribution in [0, 0.1) is 0 Å². The minimum atomic E-state index is -0.854. The number of hydrogen-bond acceptors (Lipinski definition) is 5. The molecule has 2 aromatic rings. The van der Waals surface area contributed by atoms with E-state index in [2.05, 4.69) is 10.1 Å². The van der Waals surface area contributed by atoms with Gasteiger partial charge in [-0.3, -0.25) is 4.90 Å². The van der Waals surface area contributed by atoms with E-state index in [9.17, 15) is 4.79 Å². The number of carboxylic acids is 1. The topological polar surface area (TPSA) is 71.4 Å². The molecule has 0 amide bonds. The van der Waals surface area contributed by atoms with Gasteiger partial charge in [0.1, 0.15) is 18.1 Å². The molecule has 3 rings (SSSR count). The molecule has 6 heteroatoms. The van der Waals surface area contributed by atoms with Crippen molar-refractivity contribution >= 4 is 11.7 Å². The molecule has 0 bridgehead atoms. The van der Waals surface area contributed by atoms with Crippen LogP contribution in [0.3, 0.4) is 0 Å². The van der Waals surface area contributed by atoms with E-state index in [0.717, 1.165) is 35.6 Å². The fourth-order valence-corrected chi connectivity index (χ4v) is 3.07. The fraction of sp³-hybridized carbons (Fsp3) is 0.273. The normalized spacial score (nSPS) is 15.0. The first kappa shape index (κ1) is 19.6. The molecule has 6 nitrogen and oxygen atoms in total. The number of methoxy groups -OCH3 is 1. The smallest absolute Gasteiger partial charge is 0.332 e. The Kier molecular flexibility index (Phi) is 6.81. The van der Waals surface area contributed by atoms with Crippen molar-refractivity contribution in [1.29, 1.82) is 0 Å². The third kappa shape index (κ3) is 5.20. The zero-order valence-corrected chi connectivity index (χ0v) is 15.9. The Morgan fingerprint density at radius 1 is 1.14 bits per heavy atom. The standard InChI is InChI=1S/C22H24N2O4/c1-27-20-11-5-9-18(15-20)21(17-7-3-2-4-8-17)23-28-14-13-24-12-6-10-19(16-24)22(25)26/h2-5,7-11,15H,6,12-14,16H2,1H3,(H,25,26). The van der Waals surface area contributed by atoms with E-state index in [4.69, 9.17) is 14.7 Å². The zero-order valence-electron chi connectivity index (χ0n) is 15.9. The highest BCUT2D eigenvalue weighted by Crippen LogP contribution is 2.17. The minimum Gasteiger partial charge on any atom is -0.497 e. The van der Waals surface area contributed by atoms with E-state index >= 15 is 0 Å². The third-order valence-corrected chi connectivity index (χ3v) is 4.55. The van der Waals surface area contributed by atoms with Crippen molar-refractivity contribution in [2.24, 2.45) is 5.16 Å². The van der Waals surface area contributed by atoms with E-state index in [-0.39, 0.29) is 0 Å². The molecule has 1 N–H and O–H groups in total. The number of carbonyl (C=O) groups is 1. The summed E-state index contributed by atoms with van der Waals surface area (Å²) in [5.74, 6) is -0.101. The van der Waals surface area contributed by atoms with E-state index in [1.165, 1.54) is 0 Å². The molecule has 0 spiro atoms. The van der Waals surface area contributed by atoms with Crippen molar-refractivity contribution in [2.45, 2.75) is 6.42 Å². The van der Waals surface area contributed by atoms with Gasteiger partial charge < -0.3 is 14.7 Å². The van der Waals surface area contributed by atoms with Crippen LogP contribution in [0.15, 0.2) is 71.4 Å². The highest BCUT2D eigenvalue weighted by Gasteiger charge is 2.17. The first-order valence-electron chi connectivity index (χ1n) is 9.22. The Bertz CT molecular complexity index is 862. The second kappa shape index (κ2) is 9.71. The average molecular weight is 380 g/mol. The number of rotatable bonds is 8. The number of carboxylic acid groups (broad SMARTS) is 1. The van der Waals surface area contributed by atoms with Gasteiger partial charge in [-0.1, -0.05) is 53.7 Å². The van der Waals surface area contributed by atoms with Gasteiger partial charge in [-0.05, 0) is 18.6 Å². The first-order valence-corrected chi connectivity index (χ1v) is 9.22. The molecule has 0 fully saturated rings. The summed E-state index contributed by atoms with van der Waals surface area (Å²) in [4.78, 5) is 18.8. The molecule has 146 valence electrons. The molecule has 0 saturated carbocycles. The van der Waals surface area contributed by atoms with Crippen LogP contribution in [0.4, 0.5) is 0 Å². The number of nitrogens with zero attached hydrogens (tertiary/aromatic N) is 2. The number of ether oxygens (including phenoxy) is 1. The van der Waals surface area contributed by atoms with Crippen molar-refractivity contribution in [1.82, 2.24) is 4.90 Å². The van der Waals surface area contributed by atoms with Gasteiger partial charge in [-0.15, -0.1) is 0 Å². The second-order valence-corrected chi connectivity index (χ2v) is 6.47. The summed E-state index contributed by atoms with van der Waals surface area (Å²) in [5, 5.41) is 13.5. The molecule has 0 aromatic heterocycles. The number of oxime groups is 1. The van der Waals surface area contributed by atoms with Crippen molar-refractivity contribution in [3.05, 3.63) is 77.4 Å². The third-order valence-electron chi connectivity index (χ3n) is 4.55. The second-order valence-electron chi connectivity index (χ2n) is 6.47. The van der Waals surface area contributed by atoms with Crippen molar-refractivity contribution < 1.29 is 19.5 Å². The van der Waals surface area contributed by atoms with Gasteiger partial charge in [0.25, 0.3) is 0 Å². The molecule has 1 aliphatic rings. The molecular weight excluding hydrogens is 356 g/mol. The van der Waals surface area contributed by atoms with Gasteiger partial charge in [0, 0.05) is 36.3 Å². The molecule has 0 radical (unpaired) electrons. The van der Waals surface area contributed by atoms with E-state index in [0.29, 0.717) is 25.3 Å². The average Bonchev–Trinajstić information content (AvgIpc) is 2.74. The van der Waals surface area contributed by atoms with Crippen LogP contribution in [0.5, 0.6) is 5.75 Å². The Balaban J connectivity index is 1.68. The Labute approximate surface area is 164 Å². The molecule has 1 heterocycles. The SMILES string of the molecule is COc1cccc(C(=NOCCN2CCC=C(C(=O)O)C2)c2ccccc2)c1. The van der Waals surface area contributed by atoms with Crippen molar-refractivity contribution in [3.63, 3.8) is 0 Å². The van der Waals surface area contributed by atoms with Gasteiger partial charge in [0.15, 0.2) is 0 Å². The van der Waals surface area contributed by atoms with Crippen LogP contribution in [0.1, 0.15) is 17.5 Å². The van der Waals surface area contributed by atoms with Crippen LogP contribution in [-0.4, -0.2) is 55.0 Å². The fourth-order valence-electron chi connectivity index (χ4n) is 3.07. The van der Waals surface area contributed by atoms with E-state index < -0.39 is 5.97 Å². The highest BCUT2D eigenvalue weighted by molar-refractivity contribution is 6.12. The summed E-state index contributed by atoms with van der Waals surface area (Å²) >= 11 is 0. The van der Waals surface area contributed by atoms with Crippen LogP contribution < -0.4 is 4.74 Å². The number of benzene rings is 2. The minimum absolute atomic E-state index is 0.382. The lowest BCUT2D eigenvalue weighted by molar-refractivity contribution is -0.133. The Morgan fingerprint density at radius 2 is 1.93 bits per heavy atom. The molecule has 0 unspecified atom stereocenters. The lowest BCUT2D eigenvalue weighted by atomic mass is 10.0. The molecule has 0 atom stereocenters. The molecule has 0 aliphatic carbocycles. The zero-order chi connectivity index (χ0) is 19.8. The highest BCUT2D eigenvalue weighted by atomic mass is 16.6. The molecular formula is C22H24N2O4. The monoisotopic (exact) mass is 380 g/mol. The van der Waals surface area contributed by atoms with Gasteiger partial charge in [0.05, 0.1) is 7.11 Å². The lowest BCUT2D eigenvalue weighted by Gasteiger charge is -2.24. The molecule has 2 aromatic carbocycles. The molecule has 0 saturated heterocycles. The number of aliphatic carboxylic acids is 1. The Morgan fingerprint density at radius 3 is 2.68 bits per heavy atom. The van der Waals surface area contributed by atoms with Crippen LogP contribution in [0.25, 0.3) is 0 Å². The summed E-state index contributed by atoms with van der Waals surface area (Å²) in [6.07, 6.45) is 2.53. The van der Waals surface area contributed by atoms with E-state index in [1.54, 1.807) is 13.2 Å². The maximum Gasteiger partial charge on any atom is 0.332 e. The van der Waals surface area contributed by atoms with Crippen molar-refractivity contribution in [2.75, 3.05) is 33.4 Å². The first-order chi connectivity index (χ1) is 13.7. The molecule has 1 aliphatic heterocycles. The van der Waals surface area contributed by atoms with Crippen LogP contribution in [0.2, 0.25) is 0 Å². The maximum absolute atomic E-state index is 11.1. The lowest BCUT2D eigenvalue weighted by Crippen LogP contribution is -2.34. The largest absolute Gasteiger partial charge is 0.497 e. The van der Waals surface area contributed by atoms with Gasteiger partial charge in [-0.25, -0.2) is 4.79 Å². The van der Waals surface area contributed by atoms with Gasteiger partial charge >= 0.3 is 5.97 Å². The van der Waals surface area contributed by atoms with Gasteiger partial charge in [-0.2, -0.15) is 0 Å². The van der Waals surface area contributed by atoms with Crippen molar-refractivity contribution in [3.8, 4) is 5.75 Å². The Hall–Kier alpha value is -3.12. The predicted molar refractivity (Wildman–Crippen MR) is 108 cm³/mol. The maximum atomic E-state index is 11.1. The summed E-state index contributed by atoms with van der Waals surface area (Å²) in [6, 6.07) is 17.5.